The van der Waals surface area contributed by atoms with Crippen molar-refractivity contribution in [2.24, 2.45) is 0 Å². The van der Waals surface area contributed by atoms with Gasteiger partial charge in [-0.3, -0.25) is 9.59 Å². The van der Waals surface area contributed by atoms with Gasteiger partial charge in [0.2, 0.25) is 0 Å². The van der Waals surface area contributed by atoms with Crippen molar-refractivity contribution in [2.75, 3.05) is 0 Å². The van der Waals surface area contributed by atoms with Crippen LogP contribution in [0.15, 0.2) is 15.8 Å². The van der Waals surface area contributed by atoms with Gasteiger partial charge in [0.1, 0.15) is 0 Å². The first-order valence-electron chi connectivity index (χ1n) is 5.93. The number of unbranched alkanes of at least 4 members (excludes halogenated alkanes) is 2. The molecule has 0 aliphatic rings. The zero-order valence-corrected chi connectivity index (χ0v) is 10.8. The molecule has 0 fully saturated rings. The Morgan fingerprint density at radius 3 is 2.67 bits per heavy atom. The molecule has 2 aromatic heterocycles. The number of nitrogens with zero attached hydrogens (tertiary/aromatic N) is 1. The minimum atomic E-state index is -0.697. The molecule has 96 valence electrons. The highest BCUT2D eigenvalue weighted by atomic mass is 35.5. The first kappa shape index (κ1) is 12.8. The molecule has 2 heterocycles. The van der Waals surface area contributed by atoms with Crippen molar-refractivity contribution < 1.29 is 0 Å². The number of aryl methyl sites for hydroxylation is 1. The van der Waals surface area contributed by atoms with E-state index in [9.17, 15) is 9.59 Å². The Bertz CT molecular complexity index is 675. The second-order valence-corrected chi connectivity index (χ2v) is 4.58. The molecule has 0 unspecified atom stereocenters. The van der Waals surface area contributed by atoms with Crippen LogP contribution in [-0.2, 0) is 6.42 Å². The molecule has 0 amide bonds. The summed E-state index contributed by atoms with van der Waals surface area (Å²) in [6.07, 6.45) is 5.44. The molecule has 0 saturated carbocycles. The van der Waals surface area contributed by atoms with Crippen molar-refractivity contribution in [2.45, 2.75) is 32.6 Å². The number of aromatic nitrogens is 3. The van der Waals surface area contributed by atoms with Crippen LogP contribution >= 0.6 is 11.6 Å². The van der Waals surface area contributed by atoms with Gasteiger partial charge in [0.25, 0.3) is 0 Å². The third-order valence-electron chi connectivity index (χ3n) is 2.84. The van der Waals surface area contributed by atoms with Crippen LogP contribution in [0.3, 0.4) is 0 Å². The zero-order valence-electron chi connectivity index (χ0n) is 10.0. The highest BCUT2D eigenvalue weighted by Crippen LogP contribution is 2.22. The van der Waals surface area contributed by atoms with Crippen LogP contribution < -0.4 is 11.1 Å². The molecule has 6 heteroatoms. The van der Waals surface area contributed by atoms with Gasteiger partial charge in [-0.05, 0) is 18.4 Å². The van der Waals surface area contributed by atoms with Crippen LogP contribution in [0, 0.1) is 0 Å². The number of aromatic amines is 2. The molecule has 0 atom stereocenters. The standard InChI is InChI=1S/C12H14ClN3O2/c1-2-3-4-5-7-8(13)6-14-10-9(7)15-11(17)12(18)16-10/h6H,2-5H2,1H3,(H,15,17)(H,14,16,18). The van der Waals surface area contributed by atoms with E-state index in [1.165, 1.54) is 6.20 Å². The van der Waals surface area contributed by atoms with Crippen LogP contribution in [0.2, 0.25) is 5.02 Å². The molecule has 2 aromatic rings. The third-order valence-corrected chi connectivity index (χ3v) is 3.17. The number of halogens is 1. The second kappa shape index (κ2) is 5.35. The van der Waals surface area contributed by atoms with Crippen molar-refractivity contribution in [3.63, 3.8) is 0 Å². The monoisotopic (exact) mass is 267 g/mol. The third kappa shape index (κ3) is 2.46. The maximum Gasteiger partial charge on any atom is 0.315 e. The zero-order chi connectivity index (χ0) is 13.1. The summed E-state index contributed by atoms with van der Waals surface area (Å²) in [4.78, 5) is 31.6. The lowest BCUT2D eigenvalue weighted by atomic mass is 10.1. The Balaban J connectivity index is 2.55. The summed E-state index contributed by atoms with van der Waals surface area (Å²) in [7, 11) is 0. The first-order valence-corrected chi connectivity index (χ1v) is 6.31. The van der Waals surface area contributed by atoms with E-state index in [1.807, 2.05) is 0 Å². The molecule has 0 aliphatic carbocycles. The maximum atomic E-state index is 11.4. The Morgan fingerprint density at radius 2 is 1.94 bits per heavy atom. The van der Waals surface area contributed by atoms with Gasteiger partial charge in [-0.2, -0.15) is 0 Å². The maximum absolute atomic E-state index is 11.4. The van der Waals surface area contributed by atoms with Crippen LogP contribution in [0.1, 0.15) is 31.7 Å². The van der Waals surface area contributed by atoms with E-state index in [2.05, 4.69) is 21.9 Å². The van der Waals surface area contributed by atoms with Gasteiger partial charge >= 0.3 is 11.1 Å². The lowest BCUT2D eigenvalue weighted by molar-refractivity contribution is 0.718. The highest BCUT2D eigenvalue weighted by Gasteiger charge is 2.09. The van der Waals surface area contributed by atoms with Crippen LogP contribution in [0.25, 0.3) is 11.2 Å². The summed E-state index contributed by atoms with van der Waals surface area (Å²) in [5.74, 6) is 0. The molecular formula is C12H14ClN3O2. The summed E-state index contributed by atoms with van der Waals surface area (Å²) < 4.78 is 0. The Kier molecular flexibility index (Phi) is 3.81. The largest absolute Gasteiger partial charge is 0.315 e. The lowest BCUT2D eigenvalue weighted by Crippen LogP contribution is -2.29. The molecule has 0 aromatic carbocycles. The number of rotatable bonds is 4. The molecule has 0 radical (unpaired) electrons. The predicted molar refractivity (Wildman–Crippen MR) is 71.2 cm³/mol. The molecule has 0 bridgehead atoms. The Hall–Kier alpha value is -1.62. The van der Waals surface area contributed by atoms with Crippen molar-refractivity contribution in [1.82, 2.24) is 15.0 Å². The highest BCUT2D eigenvalue weighted by molar-refractivity contribution is 6.32. The van der Waals surface area contributed by atoms with Crippen LogP contribution in [0.5, 0.6) is 0 Å². The van der Waals surface area contributed by atoms with Gasteiger partial charge in [0.15, 0.2) is 5.65 Å². The van der Waals surface area contributed by atoms with Gasteiger partial charge in [0, 0.05) is 6.20 Å². The minimum Gasteiger partial charge on any atom is -0.314 e. The normalized spacial score (nSPS) is 11.0. The summed E-state index contributed by atoms with van der Waals surface area (Å²) in [6, 6.07) is 0. The first-order chi connectivity index (χ1) is 8.63. The van der Waals surface area contributed by atoms with Gasteiger partial charge < -0.3 is 9.97 Å². The Morgan fingerprint density at radius 1 is 1.22 bits per heavy atom. The quantitative estimate of drug-likeness (QED) is 0.657. The number of fused-ring (bicyclic) bond motifs is 1. The number of nitrogens with one attached hydrogen (secondary N) is 2. The molecule has 0 spiro atoms. The van der Waals surface area contributed by atoms with E-state index in [1.54, 1.807) is 0 Å². The number of hydrogen-bond acceptors (Lipinski definition) is 3. The average Bonchev–Trinajstić information content (AvgIpc) is 2.35. The van der Waals surface area contributed by atoms with E-state index in [0.717, 1.165) is 31.2 Å². The SMILES string of the molecule is CCCCCc1c(Cl)cnc2[nH]c(=O)c(=O)[nH]c12. The van der Waals surface area contributed by atoms with E-state index in [-0.39, 0.29) is 0 Å². The fourth-order valence-electron chi connectivity index (χ4n) is 1.89. The van der Waals surface area contributed by atoms with E-state index >= 15 is 0 Å². The van der Waals surface area contributed by atoms with Crippen molar-refractivity contribution >= 4 is 22.8 Å². The summed E-state index contributed by atoms with van der Waals surface area (Å²) in [5.41, 5.74) is 0.363. The fraction of sp³-hybridized carbons (Fsp3) is 0.417. The predicted octanol–water partition coefficient (Wildman–Crippen LogP) is 2.00. The van der Waals surface area contributed by atoms with Crippen molar-refractivity contribution in [3.8, 4) is 0 Å². The minimum absolute atomic E-state index is 0.371. The molecule has 0 saturated heterocycles. The van der Waals surface area contributed by atoms with Gasteiger partial charge in [-0.15, -0.1) is 0 Å². The topological polar surface area (TPSA) is 78.6 Å². The van der Waals surface area contributed by atoms with E-state index < -0.39 is 11.1 Å². The van der Waals surface area contributed by atoms with Crippen LogP contribution in [-0.4, -0.2) is 15.0 Å². The molecule has 0 aliphatic heterocycles. The Labute approximate surface area is 108 Å². The molecular weight excluding hydrogens is 254 g/mol. The van der Waals surface area contributed by atoms with Gasteiger partial charge in [0.05, 0.1) is 10.5 Å². The number of H-pyrrole nitrogens is 2. The molecule has 2 N–H and O–H groups in total. The second-order valence-electron chi connectivity index (χ2n) is 4.17. The number of hydrogen-bond donors (Lipinski definition) is 2. The summed E-state index contributed by atoms with van der Waals surface area (Å²) in [5, 5.41) is 0.515. The average molecular weight is 268 g/mol. The fourth-order valence-corrected chi connectivity index (χ4v) is 2.12. The van der Waals surface area contributed by atoms with Crippen molar-refractivity contribution in [1.29, 1.82) is 0 Å². The lowest BCUT2D eigenvalue weighted by Gasteiger charge is -2.07. The van der Waals surface area contributed by atoms with Crippen molar-refractivity contribution in [3.05, 3.63) is 37.5 Å². The van der Waals surface area contributed by atoms with Crippen LogP contribution in [0.4, 0.5) is 0 Å². The molecule has 2 rings (SSSR count). The smallest absolute Gasteiger partial charge is 0.314 e. The van der Waals surface area contributed by atoms with E-state index in [4.69, 9.17) is 11.6 Å². The van der Waals surface area contributed by atoms with Gasteiger partial charge in [-0.25, -0.2) is 4.98 Å². The summed E-state index contributed by atoms with van der Waals surface area (Å²) >= 11 is 6.10. The molecule has 5 nitrogen and oxygen atoms in total. The van der Waals surface area contributed by atoms with Gasteiger partial charge in [-0.1, -0.05) is 31.4 Å². The molecule has 18 heavy (non-hydrogen) atoms. The summed E-state index contributed by atoms with van der Waals surface area (Å²) in [6.45, 7) is 2.12. The van der Waals surface area contributed by atoms with E-state index in [0.29, 0.717) is 16.2 Å². The number of pyridine rings is 1.